The molecule has 1 aliphatic rings. The van der Waals surface area contributed by atoms with Gasteiger partial charge in [-0.3, -0.25) is 9.59 Å². The van der Waals surface area contributed by atoms with E-state index in [1.807, 2.05) is 0 Å². The predicted molar refractivity (Wildman–Crippen MR) is 90.5 cm³/mol. The van der Waals surface area contributed by atoms with Crippen LogP contribution in [0.15, 0.2) is 24.3 Å². The van der Waals surface area contributed by atoms with Crippen LogP contribution in [0.2, 0.25) is 0 Å². The molecule has 1 aromatic carbocycles. The zero-order valence-electron chi connectivity index (χ0n) is 14.7. The summed E-state index contributed by atoms with van der Waals surface area (Å²) in [6.07, 6.45) is -1.07. The summed E-state index contributed by atoms with van der Waals surface area (Å²) in [5.41, 5.74) is 0.510. The molecule has 0 bridgehead atoms. The number of carbonyl (C=O) groups is 2. The highest BCUT2D eigenvalue weighted by atomic mass is 19.3. The lowest BCUT2D eigenvalue weighted by molar-refractivity contribution is -0.157. The molecule has 0 radical (unpaired) electrons. The molecule has 7 nitrogen and oxygen atoms in total. The maximum Gasteiger partial charge on any atom is 0.387 e. The van der Waals surface area contributed by atoms with E-state index in [4.69, 9.17) is 4.74 Å². The van der Waals surface area contributed by atoms with Crippen molar-refractivity contribution in [2.45, 2.75) is 32.0 Å². The first-order chi connectivity index (χ1) is 12.9. The number of aliphatic hydroxyl groups excluding tert-OH is 1. The van der Waals surface area contributed by atoms with E-state index in [1.165, 1.54) is 11.0 Å². The van der Waals surface area contributed by atoms with Gasteiger partial charge >= 0.3 is 12.6 Å². The molecular formula is C18H23F2NO6. The number of halogens is 2. The summed E-state index contributed by atoms with van der Waals surface area (Å²) in [6, 6.07) is 6.25. The van der Waals surface area contributed by atoms with Crippen molar-refractivity contribution in [3.63, 3.8) is 0 Å². The van der Waals surface area contributed by atoms with Crippen molar-refractivity contribution in [3.05, 3.63) is 29.8 Å². The average molecular weight is 387 g/mol. The van der Waals surface area contributed by atoms with Crippen LogP contribution in [0.1, 0.15) is 18.4 Å². The normalized spacial score (nSPS) is 16.8. The van der Waals surface area contributed by atoms with E-state index in [0.29, 0.717) is 31.9 Å². The van der Waals surface area contributed by atoms with E-state index < -0.39 is 30.5 Å². The number of alkyl halides is 2. The number of benzene rings is 1. The molecule has 2 rings (SSSR count). The summed E-state index contributed by atoms with van der Waals surface area (Å²) < 4.78 is 34.5. The quantitative estimate of drug-likeness (QED) is 0.667. The fourth-order valence-corrected chi connectivity index (χ4v) is 2.99. The second kappa shape index (κ2) is 10.2. The third kappa shape index (κ3) is 6.14. The highest BCUT2D eigenvalue weighted by Gasteiger charge is 2.34. The number of aryl methyl sites for hydroxylation is 1. The first kappa shape index (κ1) is 21.0. The molecule has 1 unspecified atom stereocenters. The van der Waals surface area contributed by atoms with Crippen molar-refractivity contribution in [2.24, 2.45) is 5.92 Å². The van der Waals surface area contributed by atoms with Gasteiger partial charge in [-0.25, -0.2) is 0 Å². The molecule has 2 N–H and O–H groups in total. The van der Waals surface area contributed by atoms with Gasteiger partial charge in [0.2, 0.25) is 0 Å². The first-order valence-corrected chi connectivity index (χ1v) is 8.70. The van der Waals surface area contributed by atoms with Gasteiger partial charge in [-0.05, 0) is 30.9 Å². The Morgan fingerprint density at radius 1 is 1.22 bits per heavy atom. The maximum absolute atomic E-state index is 12.4. The molecule has 150 valence electrons. The summed E-state index contributed by atoms with van der Waals surface area (Å²) >= 11 is 0. The SMILES string of the molecule is O=C(O)C(CCCc1ccccc1OC(F)F)[C@H](O)C(=O)N1CCOCC1. The average Bonchev–Trinajstić information content (AvgIpc) is 2.65. The molecule has 0 spiro atoms. The minimum Gasteiger partial charge on any atom is -0.481 e. The molecule has 0 aliphatic carbocycles. The second-order valence-electron chi connectivity index (χ2n) is 6.21. The third-order valence-electron chi connectivity index (χ3n) is 4.42. The minimum absolute atomic E-state index is 0.0234. The van der Waals surface area contributed by atoms with Gasteiger partial charge in [0, 0.05) is 13.1 Å². The molecule has 1 aromatic rings. The van der Waals surface area contributed by atoms with Crippen LogP contribution in [-0.2, 0) is 20.7 Å². The van der Waals surface area contributed by atoms with E-state index in [9.17, 15) is 28.6 Å². The molecule has 0 aromatic heterocycles. The summed E-state index contributed by atoms with van der Waals surface area (Å²) in [4.78, 5) is 25.2. The number of para-hydroxylation sites is 1. The summed E-state index contributed by atoms with van der Waals surface area (Å²) in [6.45, 7) is -1.65. The minimum atomic E-state index is -2.95. The smallest absolute Gasteiger partial charge is 0.387 e. The van der Waals surface area contributed by atoms with Crippen LogP contribution in [-0.4, -0.2) is 66.0 Å². The van der Waals surface area contributed by atoms with Crippen LogP contribution in [0, 0.1) is 5.92 Å². The Balaban J connectivity index is 1.94. The van der Waals surface area contributed by atoms with Crippen molar-refractivity contribution < 1.29 is 38.1 Å². The molecular weight excluding hydrogens is 364 g/mol. The van der Waals surface area contributed by atoms with Gasteiger partial charge in [-0.1, -0.05) is 18.2 Å². The largest absolute Gasteiger partial charge is 0.481 e. The van der Waals surface area contributed by atoms with Gasteiger partial charge in [0.1, 0.15) is 11.9 Å². The molecule has 0 saturated carbocycles. The van der Waals surface area contributed by atoms with Crippen molar-refractivity contribution in [1.29, 1.82) is 0 Å². The van der Waals surface area contributed by atoms with E-state index in [2.05, 4.69) is 4.74 Å². The van der Waals surface area contributed by atoms with E-state index in [-0.39, 0.29) is 25.0 Å². The number of carboxylic acid groups (broad SMARTS) is 1. The van der Waals surface area contributed by atoms with Gasteiger partial charge in [0.25, 0.3) is 5.91 Å². The Bertz CT molecular complexity index is 636. The number of hydrogen-bond donors (Lipinski definition) is 2. The molecule has 9 heteroatoms. The highest BCUT2D eigenvalue weighted by Crippen LogP contribution is 2.24. The van der Waals surface area contributed by atoms with E-state index >= 15 is 0 Å². The van der Waals surface area contributed by atoms with Crippen LogP contribution < -0.4 is 4.74 Å². The molecule has 1 fully saturated rings. The molecule has 2 atom stereocenters. The number of rotatable bonds is 9. The Labute approximate surface area is 155 Å². The lowest BCUT2D eigenvalue weighted by atomic mass is 9.93. The van der Waals surface area contributed by atoms with E-state index in [1.54, 1.807) is 18.2 Å². The van der Waals surface area contributed by atoms with E-state index in [0.717, 1.165) is 0 Å². The summed E-state index contributed by atoms with van der Waals surface area (Å²) in [5, 5.41) is 19.6. The number of aliphatic hydroxyl groups is 1. The van der Waals surface area contributed by atoms with Gasteiger partial charge < -0.3 is 24.6 Å². The molecule has 1 heterocycles. The standard InChI is InChI=1S/C18H23F2NO6/c19-18(20)27-14-7-2-1-4-12(14)5-3-6-13(17(24)25)15(22)16(23)21-8-10-26-11-9-21/h1-2,4,7,13,15,18,22H,3,5-6,8-11H2,(H,24,25)/t13?,15-/m0/s1. The summed E-state index contributed by atoms with van der Waals surface area (Å²) in [5.74, 6) is -3.15. The maximum atomic E-state index is 12.4. The zero-order chi connectivity index (χ0) is 19.8. The Morgan fingerprint density at radius 3 is 2.52 bits per heavy atom. The lowest BCUT2D eigenvalue weighted by Gasteiger charge is -2.30. The van der Waals surface area contributed by atoms with Crippen LogP contribution >= 0.6 is 0 Å². The number of amides is 1. The number of nitrogens with zero attached hydrogens (tertiary/aromatic N) is 1. The van der Waals surface area contributed by atoms with Gasteiger partial charge in [0.05, 0.1) is 19.1 Å². The Hall–Kier alpha value is -2.26. The summed E-state index contributed by atoms with van der Waals surface area (Å²) in [7, 11) is 0. The zero-order valence-corrected chi connectivity index (χ0v) is 14.7. The van der Waals surface area contributed by atoms with Crippen LogP contribution in [0.25, 0.3) is 0 Å². The fourth-order valence-electron chi connectivity index (χ4n) is 2.99. The molecule has 27 heavy (non-hydrogen) atoms. The number of carbonyl (C=O) groups excluding carboxylic acids is 1. The number of aliphatic carboxylic acids is 1. The van der Waals surface area contributed by atoms with Gasteiger partial charge in [-0.2, -0.15) is 8.78 Å². The van der Waals surface area contributed by atoms with Gasteiger partial charge in [-0.15, -0.1) is 0 Å². The predicted octanol–water partition coefficient (Wildman–Crippen LogP) is 1.53. The third-order valence-corrected chi connectivity index (χ3v) is 4.42. The number of hydrogen-bond acceptors (Lipinski definition) is 5. The molecule has 1 amide bonds. The first-order valence-electron chi connectivity index (χ1n) is 8.70. The second-order valence-corrected chi connectivity index (χ2v) is 6.21. The lowest BCUT2D eigenvalue weighted by Crippen LogP contribution is -2.49. The van der Waals surface area contributed by atoms with Gasteiger partial charge in [0.15, 0.2) is 0 Å². The van der Waals surface area contributed by atoms with Crippen molar-refractivity contribution in [3.8, 4) is 5.75 Å². The number of morpholine rings is 1. The highest BCUT2D eigenvalue weighted by molar-refractivity contribution is 5.86. The van der Waals surface area contributed by atoms with Crippen molar-refractivity contribution in [2.75, 3.05) is 26.3 Å². The molecule has 1 aliphatic heterocycles. The van der Waals surface area contributed by atoms with Crippen LogP contribution in [0.4, 0.5) is 8.78 Å². The van der Waals surface area contributed by atoms with Crippen molar-refractivity contribution >= 4 is 11.9 Å². The fraction of sp³-hybridized carbons (Fsp3) is 0.556. The topological polar surface area (TPSA) is 96.3 Å². The number of ether oxygens (including phenoxy) is 2. The monoisotopic (exact) mass is 387 g/mol. The molecule has 1 saturated heterocycles. The Kier molecular flexibility index (Phi) is 7.93. The van der Waals surface area contributed by atoms with Crippen molar-refractivity contribution in [1.82, 2.24) is 4.90 Å². The Morgan fingerprint density at radius 2 is 1.89 bits per heavy atom. The number of carboxylic acids is 1. The van der Waals surface area contributed by atoms with Crippen LogP contribution in [0.5, 0.6) is 5.75 Å². The van der Waals surface area contributed by atoms with Crippen LogP contribution in [0.3, 0.4) is 0 Å².